The Morgan fingerprint density at radius 2 is 1.77 bits per heavy atom. The summed E-state index contributed by atoms with van der Waals surface area (Å²) < 4.78 is 1.61. The zero-order valence-electron chi connectivity index (χ0n) is 16.0. The van der Waals surface area contributed by atoms with E-state index < -0.39 is 0 Å². The Morgan fingerprint density at radius 3 is 2.43 bits per heavy atom. The second-order valence-electron chi connectivity index (χ2n) is 8.03. The molecule has 2 bridgehead atoms. The molecule has 1 aromatic heterocycles. The molecule has 1 N–H and O–H groups in total. The highest BCUT2D eigenvalue weighted by molar-refractivity contribution is 6.36. The van der Waals surface area contributed by atoms with Crippen molar-refractivity contribution in [2.45, 2.75) is 31.7 Å². The van der Waals surface area contributed by atoms with E-state index in [1.54, 1.807) is 35.0 Å². The summed E-state index contributed by atoms with van der Waals surface area (Å²) >= 11 is 18.5. The number of carbonyl (C=O) groups is 1. The number of hydrogen-bond acceptors (Lipinski definition) is 3. The van der Waals surface area contributed by atoms with Crippen molar-refractivity contribution in [2.24, 2.45) is 11.8 Å². The standard InChI is InChI=1S/C22H19Cl3N4O/c23-14-3-6-16(7-4-14)29-21(17-8-5-15(24)11-18(17)25)27-20(28-29)22(30)26-19-10-12-1-2-13(19)9-12/h3-8,11-13,19H,1-2,9-10H2,(H,26,30)/t12-,13+,19+/m1/s1. The van der Waals surface area contributed by atoms with E-state index in [1.807, 2.05) is 12.1 Å². The van der Waals surface area contributed by atoms with E-state index in [9.17, 15) is 4.79 Å². The molecule has 30 heavy (non-hydrogen) atoms. The van der Waals surface area contributed by atoms with E-state index in [4.69, 9.17) is 34.8 Å². The van der Waals surface area contributed by atoms with Crippen LogP contribution in [0.25, 0.3) is 17.1 Å². The Kier molecular flexibility index (Phi) is 5.21. The Labute approximate surface area is 189 Å². The number of aromatic nitrogens is 3. The Hall–Kier alpha value is -2.08. The minimum absolute atomic E-state index is 0.119. The predicted octanol–water partition coefficient (Wildman–Crippen LogP) is 5.81. The molecule has 154 valence electrons. The lowest BCUT2D eigenvalue weighted by Gasteiger charge is -2.22. The summed E-state index contributed by atoms with van der Waals surface area (Å²) in [5.41, 5.74) is 1.37. The third-order valence-electron chi connectivity index (χ3n) is 6.11. The van der Waals surface area contributed by atoms with Crippen molar-refractivity contribution in [1.82, 2.24) is 20.1 Å². The van der Waals surface area contributed by atoms with Crippen LogP contribution >= 0.6 is 34.8 Å². The van der Waals surface area contributed by atoms with Gasteiger partial charge in [-0.2, -0.15) is 0 Å². The van der Waals surface area contributed by atoms with Crippen LogP contribution in [0, 0.1) is 11.8 Å². The Bertz CT molecular complexity index is 1110. The van der Waals surface area contributed by atoms with Crippen LogP contribution in [0.1, 0.15) is 36.3 Å². The normalized spacial score (nSPS) is 22.4. The van der Waals surface area contributed by atoms with E-state index in [1.165, 1.54) is 19.3 Å². The average Bonchev–Trinajstić information content (AvgIpc) is 3.44. The topological polar surface area (TPSA) is 59.8 Å². The molecule has 0 aliphatic heterocycles. The summed E-state index contributed by atoms with van der Waals surface area (Å²) in [6.45, 7) is 0. The minimum Gasteiger partial charge on any atom is -0.346 e. The molecule has 3 aromatic rings. The molecule has 3 atom stereocenters. The first kappa shape index (κ1) is 19.9. The zero-order chi connectivity index (χ0) is 20.8. The van der Waals surface area contributed by atoms with Crippen molar-refractivity contribution in [3.8, 4) is 17.1 Å². The highest BCUT2D eigenvalue weighted by Gasteiger charge is 2.40. The van der Waals surface area contributed by atoms with E-state index in [0.29, 0.717) is 32.4 Å². The third kappa shape index (κ3) is 3.70. The summed E-state index contributed by atoms with van der Waals surface area (Å²) in [6, 6.07) is 12.5. The molecule has 0 saturated heterocycles. The van der Waals surface area contributed by atoms with Gasteiger partial charge in [-0.25, -0.2) is 9.67 Å². The number of nitrogens with zero attached hydrogens (tertiary/aromatic N) is 3. The molecule has 1 heterocycles. The van der Waals surface area contributed by atoms with Crippen LogP contribution in [0.3, 0.4) is 0 Å². The van der Waals surface area contributed by atoms with Crippen LogP contribution in [0.5, 0.6) is 0 Å². The fourth-order valence-electron chi connectivity index (χ4n) is 4.67. The Balaban J connectivity index is 1.52. The summed E-state index contributed by atoms with van der Waals surface area (Å²) in [5.74, 6) is 1.64. The van der Waals surface area contributed by atoms with Gasteiger partial charge in [-0.05, 0) is 73.6 Å². The number of fused-ring (bicyclic) bond motifs is 2. The number of halogens is 3. The molecule has 2 aliphatic rings. The van der Waals surface area contributed by atoms with Crippen LogP contribution in [0.2, 0.25) is 15.1 Å². The fourth-order valence-corrected chi connectivity index (χ4v) is 5.29. The van der Waals surface area contributed by atoms with Crippen LogP contribution in [-0.2, 0) is 0 Å². The van der Waals surface area contributed by atoms with Crippen molar-refractivity contribution in [1.29, 1.82) is 0 Å². The highest BCUT2D eigenvalue weighted by atomic mass is 35.5. The van der Waals surface area contributed by atoms with Crippen molar-refractivity contribution < 1.29 is 4.79 Å². The molecule has 2 fully saturated rings. The molecule has 5 nitrogen and oxygen atoms in total. The largest absolute Gasteiger partial charge is 0.346 e. The van der Waals surface area contributed by atoms with Gasteiger partial charge in [0.1, 0.15) is 0 Å². The summed E-state index contributed by atoms with van der Waals surface area (Å²) in [6.07, 6.45) is 4.72. The average molecular weight is 462 g/mol. The molecule has 0 radical (unpaired) electrons. The van der Waals surface area contributed by atoms with Crippen molar-refractivity contribution in [3.05, 3.63) is 63.4 Å². The lowest BCUT2D eigenvalue weighted by Crippen LogP contribution is -2.39. The molecule has 2 aliphatic carbocycles. The number of amides is 1. The van der Waals surface area contributed by atoms with Crippen LogP contribution in [0.15, 0.2) is 42.5 Å². The second-order valence-corrected chi connectivity index (χ2v) is 9.31. The van der Waals surface area contributed by atoms with Crippen molar-refractivity contribution in [3.63, 3.8) is 0 Å². The van der Waals surface area contributed by atoms with Gasteiger partial charge in [0.15, 0.2) is 5.82 Å². The summed E-state index contributed by atoms with van der Waals surface area (Å²) in [7, 11) is 0. The molecular weight excluding hydrogens is 443 g/mol. The molecule has 0 spiro atoms. The fraction of sp³-hybridized carbons (Fsp3) is 0.318. The molecular formula is C22H19Cl3N4O. The molecule has 2 aromatic carbocycles. The first-order valence-corrected chi connectivity index (χ1v) is 11.1. The number of hydrogen-bond donors (Lipinski definition) is 1. The predicted molar refractivity (Wildman–Crippen MR) is 119 cm³/mol. The smallest absolute Gasteiger partial charge is 0.291 e. The number of benzene rings is 2. The van der Waals surface area contributed by atoms with Crippen LogP contribution in [0.4, 0.5) is 0 Å². The summed E-state index contributed by atoms with van der Waals surface area (Å²) in [5, 5.41) is 9.23. The SMILES string of the molecule is O=C(N[C@H]1C[C@@H]2CC[C@H]1C2)c1nc(-c2ccc(Cl)cc2Cl)n(-c2ccc(Cl)cc2)n1. The maximum absolute atomic E-state index is 13.0. The lowest BCUT2D eigenvalue weighted by atomic mass is 9.95. The van der Waals surface area contributed by atoms with Crippen molar-refractivity contribution in [2.75, 3.05) is 0 Å². The maximum atomic E-state index is 13.0. The quantitative estimate of drug-likeness (QED) is 0.533. The van der Waals surface area contributed by atoms with Gasteiger partial charge in [-0.15, -0.1) is 5.10 Å². The summed E-state index contributed by atoms with van der Waals surface area (Å²) in [4.78, 5) is 17.5. The van der Waals surface area contributed by atoms with E-state index in [0.717, 1.165) is 18.0 Å². The lowest BCUT2D eigenvalue weighted by molar-refractivity contribution is 0.0912. The number of carbonyl (C=O) groups excluding carboxylic acids is 1. The molecule has 2 saturated carbocycles. The minimum atomic E-state index is -0.258. The molecule has 5 rings (SSSR count). The zero-order valence-corrected chi connectivity index (χ0v) is 18.3. The maximum Gasteiger partial charge on any atom is 0.291 e. The first-order valence-electron chi connectivity index (χ1n) is 9.97. The first-order chi connectivity index (χ1) is 14.5. The van der Waals surface area contributed by atoms with Gasteiger partial charge < -0.3 is 5.32 Å². The third-order valence-corrected chi connectivity index (χ3v) is 6.91. The second kappa shape index (κ2) is 7.88. The highest BCUT2D eigenvalue weighted by Crippen LogP contribution is 2.44. The van der Waals surface area contributed by atoms with E-state index in [2.05, 4.69) is 15.4 Å². The van der Waals surface area contributed by atoms with Crippen LogP contribution in [-0.4, -0.2) is 26.7 Å². The Morgan fingerprint density at radius 1 is 1.00 bits per heavy atom. The molecule has 8 heteroatoms. The van der Waals surface area contributed by atoms with Crippen molar-refractivity contribution >= 4 is 40.7 Å². The van der Waals surface area contributed by atoms with E-state index in [-0.39, 0.29) is 17.8 Å². The van der Waals surface area contributed by atoms with Gasteiger partial charge in [0.05, 0.1) is 10.7 Å². The molecule has 0 unspecified atom stereocenters. The van der Waals surface area contributed by atoms with Crippen LogP contribution < -0.4 is 5.32 Å². The van der Waals surface area contributed by atoms with Gasteiger partial charge in [0.2, 0.25) is 5.82 Å². The monoisotopic (exact) mass is 460 g/mol. The van der Waals surface area contributed by atoms with Gasteiger partial charge in [-0.3, -0.25) is 4.79 Å². The number of rotatable bonds is 4. The van der Waals surface area contributed by atoms with Gasteiger partial charge in [0, 0.05) is 21.7 Å². The number of nitrogens with one attached hydrogen (secondary N) is 1. The molecule has 1 amide bonds. The van der Waals surface area contributed by atoms with E-state index >= 15 is 0 Å². The van der Waals surface area contributed by atoms with Gasteiger partial charge in [0.25, 0.3) is 5.91 Å². The van der Waals surface area contributed by atoms with Gasteiger partial charge >= 0.3 is 0 Å². The van der Waals surface area contributed by atoms with Gasteiger partial charge in [-0.1, -0.05) is 41.2 Å².